The highest BCUT2D eigenvalue weighted by molar-refractivity contribution is 5.95. The Morgan fingerprint density at radius 3 is 2.50 bits per heavy atom. The van der Waals surface area contributed by atoms with E-state index in [4.69, 9.17) is 4.42 Å². The standard InChI is InChI=1S/C16H24N4O4/c1-12(2)10-17-16(23)18-14(21)11-19-5-7-20(8-6-19)15(22)13-4-3-9-24-13/h3-4,9,12H,5-8,10-11H2,1-2H3,(H2,17,18,21,23). The lowest BCUT2D eigenvalue weighted by atomic mass is 10.2. The van der Waals surface area contributed by atoms with E-state index in [1.54, 1.807) is 17.0 Å². The molecular weight excluding hydrogens is 312 g/mol. The summed E-state index contributed by atoms with van der Waals surface area (Å²) in [6.07, 6.45) is 1.47. The number of urea groups is 1. The number of amides is 4. The largest absolute Gasteiger partial charge is 0.459 e. The zero-order valence-corrected chi connectivity index (χ0v) is 14.1. The molecule has 1 fully saturated rings. The highest BCUT2D eigenvalue weighted by atomic mass is 16.3. The number of rotatable bonds is 5. The van der Waals surface area contributed by atoms with Crippen LogP contribution in [-0.2, 0) is 4.79 Å². The van der Waals surface area contributed by atoms with Gasteiger partial charge in [0, 0.05) is 32.7 Å². The minimum Gasteiger partial charge on any atom is -0.459 e. The van der Waals surface area contributed by atoms with Gasteiger partial charge in [-0.25, -0.2) is 4.79 Å². The maximum absolute atomic E-state index is 12.1. The van der Waals surface area contributed by atoms with Gasteiger partial charge in [-0.15, -0.1) is 0 Å². The number of nitrogens with one attached hydrogen (secondary N) is 2. The van der Waals surface area contributed by atoms with Crippen LogP contribution in [0, 0.1) is 5.92 Å². The number of hydrogen-bond donors (Lipinski definition) is 2. The van der Waals surface area contributed by atoms with Crippen LogP contribution in [0.1, 0.15) is 24.4 Å². The summed E-state index contributed by atoms with van der Waals surface area (Å²) in [5.74, 6) is 0.160. The lowest BCUT2D eigenvalue weighted by Gasteiger charge is -2.33. The Morgan fingerprint density at radius 2 is 1.92 bits per heavy atom. The van der Waals surface area contributed by atoms with Crippen LogP contribution in [0.2, 0.25) is 0 Å². The molecule has 1 aliphatic heterocycles. The van der Waals surface area contributed by atoms with Gasteiger partial charge in [0.2, 0.25) is 5.91 Å². The van der Waals surface area contributed by atoms with Crippen molar-refractivity contribution in [1.82, 2.24) is 20.4 Å². The van der Waals surface area contributed by atoms with Crippen LogP contribution in [0.15, 0.2) is 22.8 Å². The second kappa shape index (κ2) is 8.49. The van der Waals surface area contributed by atoms with E-state index >= 15 is 0 Å². The van der Waals surface area contributed by atoms with Crippen molar-refractivity contribution in [2.45, 2.75) is 13.8 Å². The number of carbonyl (C=O) groups is 3. The summed E-state index contributed by atoms with van der Waals surface area (Å²) in [6, 6.07) is 2.84. The summed E-state index contributed by atoms with van der Waals surface area (Å²) in [7, 11) is 0. The van der Waals surface area contributed by atoms with Crippen LogP contribution in [0.4, 0.5) is 4.79 Å². The fraction of sp³-hybridized carbons (Fsp3) is 0.562. The number of nitrogens with zero attached hydrogens (tertiary/aromatic N) is 2. The first-order valence-electron chi connectivity index (χ1n) is 8.08. The topological polar surface area (TPSA) is 94.9 Å². The second-order valence-corrected chi connectivity index (χ2v) is 6.20. The van der Waals surface area contributed by atoms with E-state index in [0.29, 0.717) is 44.4 Å². The lowest BCUT2D eigenvalue weighted by Crippen LogP contribution is -2.52. The normalized spacial score (nSPS) is 15.4. The van der Waals surface area contributed by atoms with Crippen LogP contribution in [0.5, 0.6) is 0 Å². The van der Waals surface area contributed by atoms with Crippen molar-refractivity contribution in [2.24, 2.45) is 5.92 Å². The van der Waals surface area contributed by atoms with Crippen molar-refractivity contribution in [1.29, 1.82) is 0 Å². The van der Waals surface area contributed by atoms with Gasteiger partial charge in [-0.2, -0.15) is 0 Å². The fourth-order valence-corrected chi connectivity index (χ4v) is 2.38. The van der Waals surface area contributed by atoms with Crippen LogP contribution in [-0.4, -0.2) is 66.9 Å². The molecular formula is C16H24N4O4. The van der Waals surface area contributed by atoms with Gasteiger partial charge in [0.1, 0.15) is 0 Å². The van der Waals surface area contributed by atoms with E-state index < -0.39 is 6.03 Å². The molecule has 2 rings (SSSR count). The van der Waals surface area contributed by atoms with Crippen molar-refractivity contribution in [3.63, 3.8) is 0 Å². The van der Waals surface area contributed by atoms with E-state index in [-0.39, 0.29) is 18.4 Å². The Morgan fingerprint density at radius 1 is 1.21 bits per heavy atom. The molecule has 0 bridgehead atoms. The molecule has 4 amide bonds. The van der Waals surface area contributed by atoms with E-state index in [2.05, 4.69) is 10.6 Å². The Bertz CT molecular complexity index is 563. The van der Waals surface area contributed by atoms with Crippen LogP contribution < -0.4 is 10.6 Å². The molecule has 2 N–H and O–H groups in total. The highest BCUT2D eigenvalue weighted by Crippen LogP contribution is 2.09. The summed E-state index contributed by atoms with van der Waals surface area (Å²) >= 11 is 0. The SMILES string of the molecule is CC(C)CNC(=O)NC(=O)CN1CCN(C(=O)c2ccco2)CC1. The third kappa shape index (κ3) is 5.38. The molecule has 132 valence electrons. The fourth-order valence-electron chi connectivity index (χ4n) is 2.38. The number of imide groups is 1. The van der Waals surface area contributed by atoms with E-state index in [0.717, 1.165) is 0 Å². The van der Waals surface area contributed by atoms with Gasteiger partial charge in [-0.3, -0.25) is 19.8 Å². The average Bonchev–Trinajstić information content (AvgIpc) is 3.07. The van der Waals surface area contributed by atoms with Crippen molar-refractivity contribution >= 4 is 17.8 Å². The number of carbonyl (C=O) groups excluding carboxylic acids is 3. The van der Waals surface area contributed by atoms with Gasteiger partial charge in [-0.1, -0.05) is 13.8 Å². The molecule has 0 atom stereocenters. The predicted molar refractivity (Wildman–Crippen MR) is 87.4 cm³/mol. The molecule has 8 heteroatoms. The molecule has 0 aliphatic carbocycles. The third-order valence-electron chi connectivity index (χ3n) is 3.68. The Kier molecular flexibility index (Phi) is 6.36. The van der Waals surface area contributed by atoms with Gasteiger partial charge in [0.05, 0.1) is 12.8 Å². The summed E-state index contributed by atoms with van der Waals surface area (Å²) in [4.78, 5) is 39.2. The third-order valence-corrected chi connectivity index (χ3v) is 3.68. The van der Waals surface area contributed by atoms with Gasteiger partial charge in [0.25, 0.3) is 5.91 Å². The van der Waals surface area contributed by atoms with Crippen LogP contribution in [0.25, 0.3) is 0 Å². The number of furan rings is 1. The first kappa shape index (κ1) is 18.0. The van der Waals surface area contributed by atoms with Crippen molar-refractivity contribution in [2.75, 3.05) is 39.3 Å². The van der Waals surface area contributed by atoms with E-state index in [1.807, 2.05) is 18.7 Å². The number of hydrogen-bond acceptors (Lipinski definition) is 5. The lowest BCUT2D eigenvalue weighted by molar-refractivity contribution is -0.121. The van der Waals surface area contributed by atoms with Gasteiger partial charge in [-0.05, 0) is 18.1 Å². The smallest absolute Gasteiger partial charge is 0.321 e. The summed E-state index contributed by atoms with van der Waals surface area (Å²) in [5, 5.41) is 4.95. The quantitative estimate of drug-likeness (QED) is 0.817. The van der Waals surface area contributed by atoms with Gasteiger partial charge in [0.15, 0.2) is 5.76 Å². The minimum atomic E-state index is -0.472. The van der Waals surface area contributed by atoms with Crippen molar-refractivity contribution in [3.8, 4) is 0 Å². The Labute approximate surface area is 141 Å². The minimum absolute atomic E-state index is 0.137. The molecule has 1 aromatic heterocycles. The zero-order valence-electron chi connectivity index (χ0n) is 14.1. The average molecular weight is 336 g/mol. The molecule has 0 spiro atoms. The van der Waals surface area contributed by atoms with E-state index in [9.17, 15) is 14.4 Å². The molecule has 8 nitrogen and oxygen atoms in total. The molecule has 0 radical (unpaired) electrons. The molecule has 0 saturated carbocycles. The van der Waals surface area contributed by atoms with Crippen molar-refractivity contribution in [3.05, 3.63) is 24.2 Å². The number of piperazine rings is 1. The molecule has 0 aromatic carbocycles. The zero-order chi connectivity index (χ0) is 17.5. The molecule has 2 heterocycles. The molecule has 1 aromatic rings. The van der Waals surface area contributed by atoms with Crippen LogP contribution in [0.3, 0.4) is 0 Å². The molecule has 0 unspecified atom stereocenters. The Balaban J connectivity index is 1.70. The van der Waals surface area contributed by atoms with Crippen molar-refractivity contribution < 1.29 is 18.8 Å². The maximum atomic E-state index is 12.1. The highest BCUT2D eigenvalue weighted by Gasteiger charge is 2.24. The first-order chi connectivity index (χ1) is 11.5. The van der Waals surface area contributed by atoms with E-state index in [1.165, 1.54) is 6.26 Å². The predicted octanol–water partition coefficient (Wildman–Crippen LogP) is 0.519. The summed E-state index contributed by atoms with van der Waals surface area (Å²) in [5.41, 5.74) is 0. The monoisotopic (exact) mass is 336 g/mol. The Hall–Kier alpha value is -2.35. The maximum Gasteiger partial charge on any atom is 0.321 e. The first-order valence-corrected chi connectivity index (χ1v) is 8.08. The molecule has 24 heavy (non-hydrogen) atoms. The second-order valence-electron chi connectivity index (χ2n) is 6.20. The van der Waals surface area contributed by atoms with Crippen LogP contribution >= 0.6 is 0 Å². The van der Waals surface area contributed by atoms with Gasteiger partial charge >= 0.3 is 6.03 Å². The molecule has 1 saturated heterocycles. The summed E-state index contributed by atoms with van der Waals surface area (Å²) in [6.45, 7) is 6.81. The summed E-state index contributed by atoms with van der Waals surface area (Å²) < 4.78 is 5.11. The van der Waals surface area contributed by atoms with Gasteiger partial charge < -0.3 is 14.6 Å². The molecule has 1 aliphatic rings.